The molecule has 2 aliphatic heterocycles. The second kappa shape index (κ2) is 2.04. The number of hydrogen-bond donors (Lipinski definition) is 1. The maximum Gasteiger partial charge on any atom is 0.286 e. The van der Waals surface area contributed by atoms with Gasteiger partial charge in [0.25, 0.3) is 5.91 Å². The van der Waals surface area contributed by atoms with Crippen LogP contribution in [0.15, 0.2) is 0 Å². The van der Waals surface area contributed by atoms with Gasteiger partial charge in [0, 0.05) is 31.6 Å². The van der Waals surface area contributed by atoms with Crippen molar-refractivity contribution in [2.45, 2.75) is 0 Å². The van der Waals surface area contributed by atoms with Gasteiger partial charge in [-0.15, -0.1) is 0 Å². The highest BCUT2D eigenvalue weighted by atomic mass is 16.2. The number of aldehydes is 1. The fraction of sp³-hybridized carbons (Fsp3) is 0.714. The molecule has 0 atom stereocenters. The van der Waals surface area contributed by atoms with E-state index >= 15 is 0 Å². The molecule has 2 rings (SSSR count). The molecule has 0 aromatic heterocycles. The summed E-state index contributed by atoms with van der Waals surface area (Å²) in [5, 5.41) is 3.16. The molecule has 2 aliphatic rings. The minimum absolute atomic E-state index is 0.332. The summed E-state index contributed by atoms with van der Waals surface area (Å²) in [4.78, 5) is 22.4. The SMILES string of the molecule is O=CC(=O)N1CC2(CNC2)C1. The summed E-state index contributed by atoms with van der Waals surface area (Å²) in [5.41, 5.74) is 0.332. The Morgan fingerprint density at radius 2 is 2.09 bits per heavy atom. The van der Waals surface area contributed by atoms with Gasteiger partial charge in [-0.25, -0.2) is 0 Å². The molecule has 0 aromatic rings. The number of likely N-dealkylation sites (tertiary alicyclic amines) is 1. The first kappa shape index (κ1) is 6.79. The number of carbonyl (C=O) groups excluding carboxylic acids is 2. The lowest BCUT2D eigenvalue weighted by Gasteiger charge is -2.55. The van der Waals surface area contributed by atoms with Gasteiger partial charge >= 0.3 is 0 Å². The summed E-state index contributed by atoms with van der Waals surface area (Å²) < 4.78 is 0. The monoisotopic (exact) mass is 154 g/mol. The highest BCUT2D eigenvalue weighted by Gasteiger charge is 2.48. The minimum atomic E-state index is -0.373. The van der Waals surface area contributed by atoms with Crippen LogP contribution in [0.4, 0.5) is 0 Å². The van der Waals surface area contributed by atoms with E-state index in [0.717, 1.165) is 26.2 Å². The molecule has 0 unspecified atom stereocenters. The second-order valence-corrected chi connectivity index (χ2v) is 3.42. The first-order chi connectivity index (χ1) is 5.26. The Kier molecular flexibility index (Phi) is 1.26. The van der Waals surface area contributed by atoms with Gasteiger partial charge in [-0.3, -0.25) is 9.59 Å². The van der Waals surface area contributed by atoms with Crippen molar-refractivity contribution in [2.75, 3.05) is 26.2 Å². The van der Waals surface area contributed by atoms with Crippen LogP contribution in [0.1, 0.15) is 0 Å². The van der Waals surface area contributed by atoms with Gasteiger partial charge in [0.15, 0.2) is 0 Å². The zero-order valence-corrected chi connectivity index (χ0v) is 6.17. The summed E-state index contributed by atoms with van der Waals surface area (Å²) in [6.07, 6.45) is 0.388. The second-order valence-electron chi connectivity index (χ2n) is 3.42. The van der Waals surface area contributed by atoms with Gasteiger partial charge in [-0.05, 0) is 0 Å². The van der Waals surface area contributed by atoms with Crippen molar-refractivity contribution in [3.63, 3.8) is 0 Å². The molecule has 1 N–H and O–H groups in total. The summed E-state index contributed by atoms with van der Waals surface area (Å²) in [6.45, 7) is 3.51. The van der Waals surface area contributed by atoms with Crippen LogP contribution in [0.5, 0.6) is 0 Å². The predicted molar refractivity (Wildman–Crippen MR) is 37.9 cm³/mol. The van der Waals surface area contributed by atoms with E-state index in [0.29, 0.717) is 11.7 Å². The molecule has 4 heteroatoms. The lowest BCUT2D eigenvalue weighted by atomic mass is 9.74. The normalized spacial score (nSPS) is 25.6. The molecule has 2 saturated heterocycles. The molecule has 11 heavy (non-hydrogen) atoms. The molecule has 0 aliphatic carbocycles. The van der Waals surface area contributed by atoms with E-state index in [2.05, 4.69) is 5.32 Å². The molecule has 1 spiro atoms. The molecule has 2 heterocycles. The lowest BCUT2D eigenvalue weighted by molar-refractivity contribution is -0.150. The maximum absolute atomic E-state index is 10.8. The van der Waals surface area contributed by atoms with Gasteiger partial charge in [-0.1, -0.05) is 0 Å². The van der Waals surface area contributed by atoms with Crippen LogP contribution in [0.25, 0.3) is 0 Å². The molecule has 60 valence electrons. The van der Waals surface area contributed by atoms with Crippen molar-refractivity contribution >= 4 is 12.2 Å². The zero-order chi connectivity index (χ0) is 7.90. The van der Waals surface area contributed by atoms with Gasteiger partial charge in [0.1, 0.15) is 0 Å². The highest BCUT2D eigenvalue weighted by molar-refractivity contribution is 6.23. The summed E-state index contributed by atoms with van der Waals surface area (Å²) in [7, 11) is 0. The van der Waals surface area contributed by atoms with Crippen molar-refractivity contribution < 1.29 is 9.59 Å². The van der Waals surface area contributed by atoms with E-state index in [9.17, 15) is 9.59 Å². The Balaban J connectivity index is 1.87. The first-order valence-corrected chi connectivity index (χ1v) is 3.71. The van der Waals surface area contributed by atoms with Gasteiger partial charge in [0.2, 0.25) is 6.29 Å². The van der Waals surface area contributed by atoms with E-state index in [-0.39, 0.29) is 5.91 Å². The quantitative estimate of drug-likeness (QED) is 0.374. The van der Waals surface area contributed by atoms with Crippen molar-refractivity contribution in [1.29, 1.82) is 0 Å². The van der Waals surface area contributed by atoms with Gasteiger partial charge in [0.05, 0.1) is 0 Å². The third-order valence-electron chi connectivity index (χ3n) is 2.47. The van der Waals surface area contributed by atoms with Crippen LogP contribution in [-0.4, -0.2) is 43.3 Å². The molecular weight excluding hydrogens is 144 g/mol. The maximum atomic E-state index is 10.8. The number of hydrogen-bond acceptors (Lipinski definition) is 3. The van der Waals surface area contributed by atoms with Crippen molar-refractivity contribution in [2.24, 2.45) is 5.41 Å². The Hall–Kier alpha value is -0.900. The Bertz CT molecular complexity index is 202. The number of amides is 1. The van der Waals surface area contributed by atoms with Crippen LogP contribution in [0, 0.1) is 5.41 Å². The van der Waals surface area contributed by atoms with Crippen LogP contribution in [-0.2, 0) is 9.59 Å². The van der Waals surface area contributed by atoms with E-state index < -0.39 is 0 Å². The van der Waals surface area contributed by atoms with E-state index in [1.165, 1.54) is 0 Å². The average molecular weight is 154 g/mol. The van der Waals surface area contributed by atoms with E-state index in [1.807, 2.05) is 0 Å². The Morgan fingerprint density at radius 1 is 1.45 bits per heavy atom. The molecule has 0 saturated carbocycles. The number of nitrogens with one attached hydrogen (secondary N) is 1. The molecular formula is C7H10N2O2. The van der Waals surface area contributed by atoms with Crippen LogP contribution < -0.4 is 5.32 Å². The lowest BCUT2D eigenvalue weighted by Crippen LogP contribution is -2.72. The fourth-order valence-corrected chi connectivity index (χ4v) is 1.70. The molecule has 0 bridgehead atoms. The van der Waals surface area contributed by atoms with Crippen molar-refractivity contribution in [3.8, 4) is 0 Å². The van der Waals surface area contributed by atoms with Crippen LogP contribution >= 0.6 is 0 Å². The molecule has 0 radical (unpaired) electrons. The summed E-state index contributed by atoms with van der Waals surface area (Å²) >= 11 is 0. The first-order valence-electron chi connectivity index (χ1n) is 3.71. The number of nitrogens with zero attached hydrogens (tertiary/aromatic N) is 1. The average Bonchev–Trinajstić information content (AvgIpc) is 1.81. The predicted octanol–water partition coefficient (Wildman–Crippen LogP) is -1.38. The molecule has 1 amide bonds. The number of rotatable bonds is 1. The standard InChI is InChI=1S/C7H10N2O2/c10-1-6(11)9-4-7(5-9)2-8-3-7/h1,8H,2-5H2. The topological polar surface area (TPSA) is 49.4 Å². The summed E-state index contributed by atoms with van der Waals surface area (Å²) in [5.74, 6) is -0.373. The zero-order valence-electron chi connectivity index (χ0n) is 6.17. The smallest absolute Gasteiger partial charge is 0.286 e. The third-order valence-corrected chi connectivity index (χ3v) is 2.47. The molecule has 4 nitrogen and oxygen atoms in total. The van der Waals surface area contributed by atoms with Crippen LogP contribution in [0.2, 0.25) is 0 Å². The van der Waals surface area contributed by atoms with Crippen molar-refractivity contribution in [3.05, 3.63) is 0 Å². The number of carbonyl (C=O) groups is 2. The third kappa shape index (κ3) is 0.860. The fourth-order valence-electron chi connectivity index (χ4n) is 1.70. The highest BCUT2D eigenvalue weighted by Crippen LogP contribution is 2.33. The molecule has 0 aromatic carbocycles. The van der Waals surface area contributed by atoms with Crippen LogP contribution in [0.3, 0.4) is 0 Å². The van der Waals surface area contributed by atoms with E-state index in [1.54, 1.807) is 4.90 Å². The van der Waals surface area contributed by atoms with Gasteiger partial charge in [-0.2, -0.15) is 0 Å². The van der Waals surface area contributed by atoms with Crippen molar-refractivity contribution in [1.82, 2.24) is 10.2 Å². The van der Waals surface area contributed by atoms with Gasteiger partial charge < -0.3 is 10.2 Å². The van der Waals surface area contributed by atoms with E-state index in [4.69, 9.17) is 0 Å². The Labute approximate surface area is 64.5 Å². The minimum Gasteiger partial charge on any atom is -0.335 e. The summed E-state index contributed by atoms with van der Waals surface area (Å²) in [6, 6.07) is 0. The largest absolute Gasteiger partial charge is 0.335 e. The Morgan fingerprint density at radius 3 is 2.45 bits per heavy atom. The molecule has 2 fully saturated rings.